The van der Waals surface area contributed by atoms with E-state index in [4.69, 9.17) is 4.74 Å². The maximum Gasteiger partial charge on any atom is 0.407 e. The molecule has 0 bridgehead atoms. The molecular weight excluding hydrogens is 326 g/mol. The topological polar surface area (TPSA) is 75.6 Å². The Bertz CT molecular complexity index is 611. The molecule has 0 saturated heterocycles. The zero-order chi connectivity index (χ0) is 17.9. The van der Waals surface area contributed by atoms with Crippen molar-refractivity contribution < 1.29 is 19.4 Å². The van der Waals surface area contributed by atoms with Crippen LogP contribution in [0.2, 0.25) is 0 Å². The summed E-state index contributed by atoms with van der Waals surface area (Å²) in [6, 6.07) is 7.08. The molecule has 0 aliphatic heterocycles. The van der Waals surface area contributed by atoms with Crippen molar-refractivity contribution in [2.24, 2.45) is 0 Å². The number of ether oxygens (including phenoxy) is 1. The first kappa shape index (κ1) is 18.8. The molecule has 5 nitrogen and oxygen atoms in total. The van der Waals surface area contributed by atoms with Crippen molar-refractivity contribution in [1.29, 1.82) is 0 Å². The van der Waals surface area contributed by atoms with Crippen molar-refractivity contribution in [3.63, 3.8) is 0 Å². The summed E-state index contributed by atoms with van der Waals surface area (Å²) in [5, 5.41) is 12.9. The minimum absolute atomic E-state index is 0.0661. The van der Waals surface area contributed by atoms with E-state index in [0.29, 0.717) is 24.8 Å². The molecule has 0 unspecified atom stereocenters. The van der Waals surface area contributed by atoms with Crippen LogP contribution in [0, 0.1) is 0 Å². The Labute approximate surface area is 148 Å². The van der Waals surface area contributed by atoms with Crippen LogP contribution >= 0.6 is 12.6 Å². The van der Waals surface area contributed by atoms with Crippen LogP contribution in [-0.2, 0) is 4.74 Å². The van der Waals surface area contributed by atoms with Gasteiger partial charge in [0, 0.05) is 17.5 Å². The van der Waals surface area contributed by atoms with Crippen molar-refractivity contribution in [1.82, 2.24) is 5.32 Å². The average Bonchev–Trinajstić information content (AvgIpc) is 2.47. The fourth-order valence-corrected chi connectivity index (χ4v) is 3.16. The van der Waals surface area contributed by atoms with Gasteiger partial charge >= 0.3 is 6.09 Å². The Morgan fingerprint density at radius 2 is 2.00 bits per heavy atom. The number of carbonyl (C=O) groups is 2. The van der Waals surface area contributed by atoms with E-state index < -0.39 is 17.8 Å². The zero-order valence-corrected chi connectivity index (χ0v) is 15.2. The van der Waals surface area contributed by atoms with Crippen LogP contribution in [0.3, 0.4) is 0 Å². The van der Waals surface area contributed by atoms with Gasteiger partial charge in [0.25, 0.3) is 0 Å². The molecule has 2 rings (SSSR count). The summed E-state index contributed by atoms with van der Waals surface area (Å²) in [4.78, 5) is 23.4. The van der Waals surface area contributed by atoms with Crippen LogP contribution in [0.1, 0.15) is 61.9 Å². The molecule has 1 aliphatic rings. The third-order valence-corrected chi connectivity index (χ3v) is 4.35. The van der Waals surface area contributed by atoms with Crippen molar-refractivity contribution in [3.8, 4) is 0 Å². The number of aliphatic hydroxyl groups is 1. The highest BCUT2D eigenvalue weighted by atomic mass is 32.1. The molecule has 0 heterocycles. The lowest BCUT2D eigenvalue weighted by Crippen LogP contribution is -2.43. The predicted molar refractivity (Wildman–Crippen MR) is 95.5 cm³/mol. The van der Waals surface area contributed by atoms with Gasteiger partial charge in [0.05, 0.1) is 6.10 Å². The molecule has 2 N–H and O–H groups in total. The van der Waals surface area contributed by atoms with Gasteiger partial charge in [-0.05, 0) is 51.7 Å². The van der Waals surface area contributed by atoms with Gasteiger partial charge < -0.3 is 15.2 Å². The van der Waals surface area contributed by atoms with Gasteiger partial charge in [-0.2, -0.15) is 0 Å². The summed E-state index contributed by atoms with van der Waals surface area (Å²) in [6.45, 7) is 5.46. The third kappa shape index (κ3) is 5.24. The maximum absolute atomic E-state index is 11.9. The van der Waals surface area contributed by atoms with E-state index in [-0.39, 0.29) is 17.1 Å². The second-order valence-corrected chi connectivity index (χ2v) is 7.67. The Morgan fingerprint density at radius 3 is 2.62 bits per heavy atom. The average molecular weight is 351 g/mol. The number of alkyl carbamates (subject to hydrolysis) is 1. The smallest absolute Gasteiger partial charge is 0.407 e. The molecule has 1 aliphatic carbocycles. The van der Waals surface area contributed by atoms with Crippen molar-refractivity contribution in [2.75, 3.05) is 0 Å². The van der Waals surface area contributed by atoms with E-state index in [9.17, 15) is 14.7 Å². The van der Waals surface area contributed by atoms with E-state index in [1.165, 1.54) is 0 Å². The highest BCUT2D eigenvalue weighted by Crippen LogP contribution is 2.34. The molecular formula is C18H25NO4S. The SMILES string of the molecule is CC(C)(C)OC(=O)N[C@@H]1CC[C@H](O)[C@H](c2cccc(C(=O)S)c2)C1. The number of carbonyl (C=O) groups excluding carboxylic acids is 2. The van der Waals surface area contributed by atoms with E-state index in [1.54, 1.807) is 18.2 Å². The van der Waals surface area contributed by atoms with Gasteiger partial charge in [0.2, 0.25) is 5.12 Å². The van der Waals surface area contributed by atoms with Crippen LogP contribution in [-0.4, -0.2) is 34.1 Å². The van der Waals surface area contributed by atoms with Gasteiger partial charge in [0.15, 0.2) is 0 Å². The molecule has 0 aromatic heterocycles. The monoisotopic (exact) mass is 351 g/mol. The number of nitrogens with one attached hydrogen (secondary N) is 1. The number of benzene rings is 1. The van der Waals surface area contributed by atoms with Gasteiger partial charge in [-0.25, -0.2) is 4.79 Å². The van der Waals surface area contributed by atoms with Gasteiger partial charge in [-0.15, -0.1) is 12.6 Å². The van der Waals surface area contributed by atoms with Crippen LogP contribution in [0.5, 0.6) is 0 Å². The Morgan fingerprint density at radius 1 is 1.29 bits per heavy atom. The molecule has 0 radical (unpaired) electrons. The van der Waals surface area contributed by atoms with E-state index in [1.807, 2.05) is 26.8 Å². The van der Waals surface area contributed by atoms with Crippen LogP contribution in [0.15, 0.2) is 24.3 Å². The predicted octanol–water partition coefficient (Wildman–Crippen LogP) is 3.28. The number of rotatable bonds is 3. The molecule has 1 saturated carbocycles. The van der Waals surface area contributed by atoms with Gasteiger partial charge in [-0.3, -0.25) is 4.79 Å². The highest BCUT2D eigenvalue weighted by Gasteiger charge is 2.32. The maximum atomic E-state index is 11.9. The molecule has 1 aromatic carbocycles. The lowest BCUT2D eigenvalue weighted by atomic mass is 9.79. The summed E-state index contributed by atoms with van der Waals surface area (Å²) >= 11 is 3.85. The molecule has 24 heavy (non-hydrogen) atoms. The Hall–Kier alpha value is -1.53. The number of hydrogen-bond acceptors (Lipinski definition) is 4. The lowest BCUT2D eigenvalue weighted by molar-refractivity contribution is 0.0437. The largest absolute Gasteiger partial charge is 0.444 e. The molecule has 1 aromatic rings. The van der Waals surface area contributed by atoms with E-state index in [2.05, 4.69) is 17.9 Å². The van der Waals surface area contributed by atoms with Crippen LogP contribution in [0.4, 0.5) is 4.79 Å². The molecule has 1 fully saturated rings. The number of aliphatic hydroxyl groups excluding tert-OH is 1. The summed E-state index contributed by atoms with van der Waals surface area (Å²) in [7, 11) is 0. The first-order chi connectivity index (χ1) is 11.2. The van der Waals surface area contributed by atoms with Crippen molar-refractivity contribution in [2.45, 2.75) is 63.7 Å². The number of thiol groups is 1. The number of amides is 1. The quantitative estimate of drug-likeness (QED) is 0.731. The van der Waals surface area contributed by atoms with Crippen molar-refractivity contribution >= 4 is 23.8 Å². The first-order valence-corrected chi connectivity index (χ1v) is 8.61. The van der Waals surface area contributed by atoms with E-state index in [0.717, 1.165) is 5.56 Å². The second kappa shape index (κ2) is 7.57. The van der Waals surface area contributed by atoms with Gasteiger partial charge in [0.1, 0.15) is 5.60 Å². The van der Waals surface area contributed by atoms with Crippen molar-refractivity contribution in [3.05, 3.63) is 35.4 Å². The fraction of sp³-hybridized carbons (Fsp3) is 0.556. The minimum Gasteiger partial charge on any atom is -0.444 e. The number of hydrogen-bond donors (Lipinski definition) is 3. The normalized spacial score (nSPS) is 24.3. The van der Waals surface area contributed by atoms with Crippen LogP contribution in [0.25, 0.3) is 0 Å². The first-order valence-electron chi connectivity index (χ1n) is 8.16. The lowest BCUT2D eigenvalue weighted by Gasteiger charge is -2.34. The second-order valence-electron chi connectivity index (χ2n) is 7.26. The standard InChI is InChI=1S/C18H25NO4S/c1-18(2,3)23-17(22)19-13-7-8-15(20)14(10-13)11-5-4-6-12(9-11)16(21)24/h4-6,9,13-15,20H,7-8,10H2,1-3H3,(H,19,22)(H,21,24)/t13-,14+,15+/m1/s1. The fourth-order valence-electron chi connectivity index (χ4n) is 3.02. The minimum atomic E-state index is -0.543. The zero-order valence-electron chi connectivity index (χ0n) is 14.3. The Kier molecular flexibility index (Phi) is 5.93. The highest BCUT2D eigenvalue weighted by molar-refractivity contribution is 7.97. The van der Waals surface area contributed by atoms with Gasteiger partial charge in [-0.1, -0.05) is 18.2 Å². The molecule has 132 valence electrons. The van der Waals surface area contributed by atoms with Crippen LogP contribution < -0.4 is 5.32 Å². The molecule has 0 spiro atoms. The third-order valence-electron chi connectivity index (χ3n) is 4.10. The molecule has 1 amide bonds. The summed E-state index contributed by atoms with van der Waals surface area (Å²) in [6.07, 6.45) is 0.950. The summed E-state index contributed by atoms with van der Waals surface area (Å²) in [5.74, 6) is -0.133. The van der Waals surface area contributed by atoms with E-state index >= 15 is 0 Å². The Balaban J connectivity index is 2.07. The molecule has 3 atom stereocenters. The molecule has 6 heteroatoms. The summed E-state index contributed by atoms with van der Waals surface area (Å²) < 4.78 is 5.29. The summed E-state index contributed by atoms with van der Waals surface area (Å²) in [5.41, 5.74) is 0.849.